The Morgan fingerprint density at radius 1 is 0.815 bits per heavy atom. The number of benzene rings is 1. The van der Waals surface area contributed by atoms with Crippen LogP contribution in [0.25, 0.3) is 0 Å². The van der Waals surface area contributed by atoms with Gasteiger partial charge >= 0.3 is 5.97 Å². The number of carboxylic acid groups (broad SMARTS) is 1. The fraction of sp³-hybridized carbons (Fsp3) is 0.847. The highest BCUT2D eigenvalue weighted by Crippen LogP contribution is 2.88. The molecule has 1 saturated heterocycles. The van der Waals surface area contributed by atoms with Crippen LogP contribution >= 0.6 is 0 Å². The minimum Gasteiger partial charge on any atom is -0.481 e. The summed E-state index contributed by atoms with van der Waals surface area (Å²) in [6.45, 7) is 13.1. The van der Waals surface area contributed by atoms with E-state index >= 15 is 0 Å². The number of aliphatic hydroxyl groups excluding tert-OH is 1. The van der Waals surface area contributed by atoms with E-state index in [0.29, 0.717) is 24.4 Å². The van der Waals surface area contributed by atoms with Crippen LogP contribution in [0.15, 0.2) is 24.3 Å². The van der Waals surface area contributed by atoms with Crippen LogP contribution in [0.4, 0.5) is 0 Å². The lowest BCUT2D eigenvalue weighted by atomic mass is 9.21. The number of hydrogen-bond donors (Lipinski definition) is 3. The van der Waals surface area contributed by atoms with Gasteiger partial charge in [0.2, 0.25) is 0 Å². The molecule has 9 aliphatic carbocycles. The molecular weight excluding hydrogens is 805 g/mol. The lowest BCUT2D eigenvalue weighted by Gasteiger charge is -2.82. The summed E-state index contributed by atoms with van der Waals surface area (Å²) in [6, 6.07) is 9.02. The van der Waals surface area contributed by atoms with Crippen molar-refractivity contribution in [3.63, 3.8) is 0 Å². The molecular formula is C59H86O6. The van der Waals surface area contributed by atoms with E-state index in [1.54, 1.807) is 7.11 Å². The molecule has 3 N–H and O–H groups in total. The molecule has 65 heavy (non-hydrogen) atoms. The lowest BCUT2D eigenvalue weighted by Crippen LogP contribution is -2.79. The van der Waals surface area contributed by atoms with E-state index < -0.39 is 23.3 Å². The van der Waals surface area contributed by atoms with E-state index in [0.717, 1.165) is 108 Å². The van der Waals surface area contributed by atoms with E-state index in [1.807, 2.05) is 0 Å². The first-order valence-electron chi connectivity index (χ1n) is 27.5. The highest BCUT2D eigenvalue weighted by Gasteiger charge is 2.85. The summed E-state index contributed by atoms with van der Waals surface area (Å²) < 4.78 is 12.6. The molecule has 1 heterocycles. The molecule has 8 saturated carbocycles. The predicted molar refractivity (Wildman–Crippen MR) is 255 cm³/mol. The van der Waals surface area contributed by atoms with Gasteiger partial charge in [0.25, 0.3) is 0 Å². The van der Waals surface area contributed by atoms with Crippen molar-refractivity contribution in [3.05, 3.63) is 35.4 Å². The van der Waals surface area contributed by atoms with Gasteiger partial charge in [0.15, 0.2) is 5.79 Å². The number of fused-ring (bicyclic) bond motifs is 3. The van der Waals surface area contributed by atoms with Crippen LogP contribution in [0.2, 0.25) is 0 Å². The van der Waals surface area contributed by atoms with Gasteiger partial charge in [-0.1, -0.05) is 90.0 Å². The number of rotatable bonds is 9. The van der Waals surface area contributed by atoms with Gasteiger partial charge in [0, 0.05) is 42.6 Å². The average molecular weight is 891 g/mol. The zero-order valence-corrected chi connectivity index (χ0v) is 41.4. The number of carbonyl (C=O) groups is 1. The summed E-state index contributed by atoms with van der Waals surface area (Å²) in [6.07, 6.45) is 25.2. The van der Waals surface area contributed by atoms with E-state index in [9.17, 15) is 20.1 Å². The van der Waals surface area contributed by atoms with Crippen LogP contribution in [0.3, 0.4) is 0 Å². The number of ether oxygens (including phenoxy) is 2. The molecule has 0 radical (unpaired) electrons. The molecule has 9 fully saturated rings. The summed E-state index contributed by atoms with van der Waals surface area (Å²) >= 11 is 0. The van der Waals surface area contributed by atoms with Crippen molar-refractivity contribution in [1.82, 2.24) is 0 Å². The maximum Gasteiger partial charge on any atom is 0.309 e. The monoisotopic (exact) mass is 891 g/mol. The van der Waals surface area contributed by atoms with E-state index in [2.05, 4.69) is 70.7 Å². The van der Waals surface area contributed by atoms with Crippen LogP contribution in [0, 0.1) is 103 Å². The van der Waals surface area contributed by atoms with Crippen molar-refractivity contribution in [3.8, 4) is 11.8 Å². The molecule has 6 heteroatoms. The minimum absolute atomic E-state index is 0.0112. The molecule has 1 aliphatic heterocycles. The average Bonchev–Trinajstić information content (AvgIpc) is 3.45. The van der Waals surface area contributed by atoms with Crippen LogP contribution in [-0.2, 0) is 27.1 Å². The summed E-state index contributed by atoms with van der Waals surface area (Å²) in [4.78, 5) is 13.7. The summed E-state index contributed by atoms with van der Waals surface area (Å²) in [5.41, 5.74) is 0.738. The minimum atomic E-state index is -1.35. The van der Waals surface area contributed by atoms with Gasteiger partial charge in [-0.2, -0.15) is 0 Å². The quantitative estimate of drug-likeness (QED) is 0.214. The standard InChI is InChI=1S/C59H86O6/c1-7-11-47-57-32-31-56-25-10-14-41(43-20-19-40-12-8-9-13-42(40)35-43)23-26-58-44(21-22-45-49(58)52(2,28-30-55(56,58)5)27-29-53(45,3)51(61)62)36-54(56,4)50(57)46(60)37-59(47,63)65-48(57)34-39-17-15-38(16-18-39)24-33-64-6/h15-18,40-50,60,63H,7-9,11-14,19-24,26-37H2,1-6H3,(H,61,62)/t40-,41-,42+,43+,44+,45+,46-,47+,48-,49+,50-,52+,53+,54-,55+,56-,57+,58-,59-/m0/s1. The van der Waals surface area contributed by atoms with Crippen molar-refractivity contribution < 1.29 is 29.6 Å². The van der Waals surface area contributed by atoms with Gasteiger partial charge in [-0.15, -0.1) is 5.92 Å². The number of aliphatic hydroxyl groups is 2. The second kappa shape index (κ2) is 15.8. The molecule has 3 spiro atoms. The van der Waals surface area contributed by atoms with Gasteiger partial charge in [0.05, 0.1) is 24.2 Å². The highest BCUT2D eigenvalue weighted by atomic mass is 16.6. The van der Waals surface area contributed by atoms with E-state index in [4.69, 9.17) is 9.47 Å². The number of hydrogen-bond acceptors (Lipinski definition) is 5. The van der Waals surface area contributed by atoms with Gasteiger partial charge in [-0.05, 0) is 190 Å². The van der Waals surface area contributed by atoms with Gasteiger partial charge < -0.3 is 24.8 Å². The third kappa shape index (κ3) is 6.08. The molecule has 19 atom stereocenters. The second-order valence-corrected chi connectivity index (χ2v) is 26.2. The Labute approximate surface area is 392 Å². The Morgan fingerprint density at radius 2 is 1.54 bits per heavy atom. The maximum absolute atomic E-state index is 13.7. The maximum atomic E-state index is 13.7. The molecule has 4 bridgehead atoms. The Morgan fingerprint density at radius 3 is 2.29 bits per heavy atom. The van der Waals surface area contributed by atoms with Crippen molar-refractivity contribution in [2.75, 3.05) is 13.7 Å². The normalized spacial score (nSPS) is 52.8. The summed E-state index contributed by atoms with van der Waals surface area (Å²) in [5, 5.41) is 37.2. The molecule has 11 rings (SSSR count). The molecule has 0 amide bonds. The van der Waals surface area contributed by atoms with E-state index in [1.165, 1.54) is 68.9 Å². The zero-order valence-electron chi connectivity index (χ0n) is 41.4. The lowest BCUT2D eigenvalue weighted by molar-refractivity contribution is -0.348. The zero-order chi connectivity index (χ0) is 45.4. The van der Waals surface area contributed by atoms with Crippen molar-refractivity contribution >= 4 is 5.97 Å². The second-order valence-electron chi connectivity index (χ2n) is 26.2. The molecule has 0 aromatic heterocycles. The van der Waals surface area contributed by atoms with Crippen molar-refractivity contribution in [2.24, 2.45) is 91.2 Å². The fourth-order valence-electron chi connectivity index (χ4n) is 21.6. The molecule has 1 aromatic rings. The van der Waals surface area contributed by atoms with Crippen LogP contribution in [0.1, 0.15) is 187 Å². The van der Waals surface area contributed by atoms with E-state index in [-0.39, 0.29) is 62.8 Å². The van der Waals surface area contributed by atoms with Gasteiger partial charge in [-0.25, -0.2) is 0 Å². The Balaban J connectivity index is 1.07. The first-order valence-corrected chi connectivity index (χ1v) is 27.5. The molecule has 6 nitrogen and oxygen atoms in total. The fourth-order valence-corrected chi connectivity index (χ4v) is 21.6. The molecule has 0 unspecified atom stereocenters. The number of methoxy groups -OCH3 is 1. The largest absolute Gasteiger partial charge is 0.481 e. The predicted octanol–water partition coefficient (Wildman–Crippen LogP) is 12.2. The van der Waals surface area contributed by atoms with Crippen molar-refractivity contribution in [1.29, 1.82) is 0 Å². The highest BCUT2D eigenvalue weighted by molar-refractivity contribution is 5.75. The first-order chi connectivity index (χ1) is 31.1. The van der Waals surface area contributed by atoms with Crippen LogP contribution in [0.5, 0.6) is 0 Å². The molecule has 1 aromatic carbocycles. The summed E-state index contributed by atoms with van der Waals surface area (Å²) in [7, 11) is 1.76. The van der Waals surface area contributed by atoms with Crippen LogP contribution in [-0.4, -0.2) is 53.0 Å². The smallest absolute Gasteiger partial charge is 0.309 e. The molecule has 358 valence electrons. The summed E-state index contributed by atoms with van der Waals surface area (Å²) in [5.74, 6) is 10.8. The number of carboxylic acids is 1. The van der Waals surface area contributed by atoms with Crippen molar-refractivity contribution in [2.45, 2.75) is 207 Å². The Hall–Kier alpha value is -1.91. The SMILES string of the molecule is CCC[C@@H]1[C@@]23CC[C@]45C#CC[C@H]([C@@H]6CC[C@@H]7CCCC[C@@H]7C6)CC[C@]67[C@H](CC[C@@H]8[C@@H]6[C@@](C)(CC[C@@]74C)CC[C@@]8(C)C(=O)O)C[C@@]5(C)[C@@H]2[C@@H](O)C[C@]1(O)O[C@H]3Cc1ccc(CCOC)cc1. The Kier molecular flexibility index (Phi) is 11.1. The van der Waals surface area contributed by atoms with Gasteiger partial charge in [-0.3, -0.25) is 4.79 Å². The first kappa shape index (κ1) is 45.5. The molecule has 10 aliphatic rings. The van der Waals surface area contributed by atoms with Crippen LogP contribution < -0.4 is 0 Å². The topological polar surface area (TPSA) is 96.2 Å². The third-order valence-electron chi connectivity index (χ3n) is 24.3. The number of aliphatic carboxylic acids is 1. The third-order valence-corrected chi connectivity index (χ3v) is 24.3. The Bertz CT molecular complexity index is 2060. The van der Waals surface area contributed by atoms with Gasteiger partial charge in [0.1, 0.15) is 0 Å².